The Bertz CT molecular complexity index is 542. The highest BCUT2D eigenvalue weighted by atomic mass is 79.9. The van der Waals surface area contributed by atoms with Gasteiger partial charge < -0.3 is 34.0 Å². The Morgan fingerprint density at radius 2 is 0.821 bits per heavy atom. The van der Waals surface area contributed by atoms with Crippen LogP contribution in [-0.2, 0) is 13.1 Å². The Balaban J connectivity index is 0.00000364. The number of aryl methyl sites for hydroxylation is 2. The second-order valence-corrected chi connectivity index (χ2v) is 7.48. The van der Waals surface area contributed by atoms with E-state index in [1.54, 1.807) is 0 Å². The van der Waals surface area contributed by atoms with Crippen LogP contribution >= 0.6 is 0 Å². The molecule has 0 saturated heterocycles. The number of pyridine rings is 2. The van der Waals surface area contributed by atoms with Gasteiger partial charge in [0.05, 0.1) is 0 Å². The van der Waals surface area contributed by atoms with E-state index in [9.17, 15) is 0 Å². The molecule has 2 rings (SSSR count). The summed E-state index contributed by atoms with van der Waals surface area (Å²) in [6.07, 6.45) is 22.3. The summed E-state index contributed by atoms with van der Waals surface area (Å²) in [7, 11) is 0. The number of aromatic nitrogens is 2. The molecule has 2 nitrogen and oxygen atoms in total. The lowest BCUT2D eigenvalue weighted by Crippen LogP contribution is -3.00. The maximum Gasteiger partial charge on any atom is 0.169 e. The Hall–Kier alpha value is -0.740. The molecular formula is C24H38Br2N2. The number of rotatable bonds is 13. The van der Waals surface area contributed by atoms with E-state index in [-0.39, 0.29) is 34.0 Å². The molecule has 0 N–H and O–H groups in total. The van der Waals surface area contributed by atoms with E-state index >= 15 is 0 Å². The van der Waals surface area contributed by atoms with Crippen molar-refractivity contribution in [3.63, 3.8) is 0 Å². The van der Waals surface area contributed by atoms with Crippen LogP contribution < -0.4 is 43.1 Å². The van der Waals surface area contributed by atoms with Crippen molar-refractivity contribution in [1.82, 2.24) is 0 Å². The molecule has 0 unspecified atom stereocenters. The van der Waals surface area contributed by atoms with Crippen LogP contribution in [0.4, 0.5) is 0 Å². The minimum atomic E-state index is 0. The molecule has 28 heavy (non-hydrogen) atoms. The van der Waals surface area contributed by atoms with Crippen molar-refractivity contribution in [2.75, 3.05) is 0 Å². The molecule has 0 aliphatic heterocycles. The van der Waals surface area contributed by atoms with E-state index in [1.165, 1.54) is 75.3 Å². The number of halogens is 2. The minimum Gasteiger partial charge on any atom is -1.00 e. The SMILES string of the molecule is CCCCCCC[n+]1ccc(-c2cc[n+](CCCCCCC)cc2)cc1.[Br-].[Br-]. The van der Waals surface area contributed by atoms with Crippen LogP contribution in [-0.4, -0.2) is 0 Å². The maximum absolute atomic E-state index is 2.31. The quantitative estimate of drug-likeness (QED) is 0.260. The maximum atomic E-state index is 2.31. The molecule has 0 aliphatic carbocycles. The molecular weight excluding hydrogens is 476 g/mol. The molecule has 0 fully saturated rings. The minimum absolute atomic E-state index is 0. The van der Waals surface area contributed by atoms with E-state index in [4.69, 9.17) is 0 Å². The second kappa shape index (κ2) is 17.1. The van der Waals surface area contributed by atoms with Crippen LogP contribution in [0.5, 0.6) is 0 Å². The van der Waals surface area contributed by atoms with E-state index in [0.29, 0.717) is 0 Å². The molecule has 158 valence electrons. The number of unbranched alkanes of at least 4 members (excludes halogenated alkanes) is 8. The molecule has 2 heterocycles. The van der Waals surface area contributed by atoms with Crippen molar-refractivity contribution in [2.45, 2.75) is 91.1 Å². The van der Waals surface area contributed by atoms with Gasteiger partial charge in [-0.25, -0.2) is 9.13 Å². The second-order valence-electron chi connectivity index (χ2n) is 7.48. The first kappa shape index (κ1) is 27.3. The first-order valence-electron chi connectivity index (χ1n) is 10.8. The zero-order chi connectivity index (χ0) is 18.5. The third-order valence-corrected chi connectivity index (χ3v) is 5.16. The molecule has 4 heteroatoms. The number of hydrogen-bond donors (Lipinski definition) is 0. The van der Waals surface area contributed by atoms with Gasteiger partial charge in [-0.3, -0.25) is 0 Å². The van der Waals surface area contributed by atoms with E-state index in [0.717, 1.165) is 13.1 Å². The van der Waals surface area contributed by atoms with E-state index in [2.05, 4.69) is 72.0 Å². The van der Waals surface area contributed by atoms with Crippen LogP contribution in [0.25, 0.3) is 11.1 Å². The third-order valence-electron chi connectivity index (χ3n) is 5.16. The van der Waals surface area contributed by atoms with Gasteiger partial charge in [0.25, 0.3) is 0 Å². The molecule has 0 bridgehead atoms. The van der Waals surface area contributed by atoms with Crippen molar-refractivity contribution in [1.29, 1.82) is 0 Å². The average Bonchev–Trinajstić information content (AvgIpc) is 2.69. The standard InChI is InChI=1S/C24H38N2.2BrH/c1-3-5-7-9-11-17-25-19-13-23(14-20-25)24-15-21-26(22-16-24)18-12-10-8-6-4-2;;/h13-16,19-22H,3-12,17-18H2,1-2H3;2*1H/q+2;;/p-2. The number of hydrogen-bond acceptors (Lipinski definition) is 0. The molecule has 0 saturated carbocycles. The Labute approximate surface area is 193 Å². The summed E-state index contributed by atoms with van der Waals surface area (Å²) in [6, 6.07) is 8.99. The molecule has 0 amide bonds. The highest BCUT2D eigenvalue weighted by Crippen LogP contribution is 2.15. The van der Waals surface area contributed by atoms with Gasteiger partial charge >= 0.3 is 0 Å². The van der Waals surface area contributed by atoms with Crippen LogP contribution in [0.3, 0.4) is 0 Å². The Kier molecular flexibility index (Phi) is 16.7. The fourth-order valence-electron chi connectivity index (χ4n) is 3.39. The normalized spacial score (nSPS) is 10.2. The Morgan fingerprint density at radius 3 is 1.14 bits per heavy atom. The first-order valence-corrected chi connectivity index (χ1v) is 10.8. The third kappa shape index (κ3) is 10.7. The van der Waals surface area contributed by atoms with Gasteiger partial charge in [-0.15, -0.1) is 0 Å². The van der Waals surface area contributed by atoms with Crippen molar-refractivity contribution in [2.24, 2.45) is 0 Å². The fourth-order valence-corrected chi connectivity index (χ4v) is 3.39. The van der Waals surface area contributed by atoms with Crippen molar-refractivity contribution in [3.8, 4) is 11.1 Å². The van der Waals surface area contributed by atoms with Crippen molar-refractivity contribution in [3.05, 3.63) is 49.1 Å². The molecule has 2 aromatic heterocycles. The summed E-state index contributed by atoms with van der Waals surface area (Å²) in [4.78, 5) is 0. The molecule has 0 radical (unpaired) electrons. The van der Waals surface area contributed by atoms with Crippen LogP contribution in [0.2, 0.25) is 0 Å². The van der Waals surface area contributed by atoms with Crippen molar-refractivity contribution >= 4 is 0 Å². The molecule has 0 aromatic carbocycles. The first-order chi connectivity index (χ1) is 12.8. The van der Waals surface area contributed by atoms with Gasteiger partial charge in [-0.05, 0) is 24.0 Å². The van der Waals surface area contributed by atoms with Crippen LogP contribution in [0.1, 0.15) is 78.1 Å². The summed E-state index contributed by atoms with van der Waals surface area (Å²) in [5.41, 5.74) is 2.62. The van der Waals surface area contributed by atoms with Crippen molar-refractivity contribution < 1.29 is 43.1 Å². The van der Waals surface area contributed by atoms with Gasteiger partial charge in [0.15, 0.2) is 24.8 Å². The lowest BCUT2D eigenvalue weighted by Gasteiger charge is -2.02. The van der Waals surface area contributed by atoms with E-state index in [1.807, 2.05) is 0 Å². The molecule has 0 spiro atoms. The molecule has 0 aliphatic rings. The smallest absolute Gasteiger partial charge is 0.169 e. The van der Waals surface area contributed by atoms with Gasteiger partial charge in [0, 0.05) is 37.1 Å². The zero-order valence-electron chi connectivity index (χ0n) is 17.8. The van der Waals surface area contributed by atoms with Gasteiger partial charge in [0.2, 0.25) is 0 Å². The topological polar surface area (TPSA) is 7.76 Å². The van der Waals surface area contributed by atoms with Gasteiger partial charge in [0.1, 0.15) is 13.1 Å². The van der Waals surface area contributed by atoms with Gasteiger partial charge in [-0.2, -0.15) is 0 Å². The fraction of sp³-hybridized carbons (Fsp3) is 0.583. The highest BCUT2D eigenvalue weighted by molar-refractivity contribution is 5.60. The largest absolute Gasteiger partial charge is 1.00 e. The number of nitrogens with zero attached hydrogens (tertiary/aromatic N) is 2. The van der Waals surface area contributed by atoms with Crippen LogP contribution in [0.15, 0.2) is 49.1 Å². The lowest BCUT2D eigenvalue weighted by atomic mass is 10.1. The lowest BCUT2D eigenvalue weighted by molar-refractivity contribution is -0.697. The zero-order valence-corrected chi connectivity index (χ0v) is 20.9. The highest BCUT2D eigenvalue weighted by Gasteiger charge is 2.06. The predicted octanol–water partition coefficient (Wildman–Crippen LogP) is -0.123. The molecule has 2 aromatic rings. The summed E-state index contributed by atoms with van der Waals surface area (Å²) in [5.74, 6) is 0. The van der Waals surface area contributed by atoms with Crippen LogP contribution in [0, 0.1) is 0 Å². The van der Waals surface area contributed by atoms with E-state index < -0.39 is 0 Å². The predicted molar refractivity (Wildman–Crippen MR) is 110 cm³/mol. The summed E-state index contributed by atoms with van der Waals surface area (Å²) >= 11 is 0. The van der Waals surface area contributed by atoms with Gasteiger partial charge in [-0.1, -0.05) is 52.4 Å². The summed E-state index contributed by atoms with van der Waals surface area (Å²) in [6.45, 7) is 6.81. The summed E-state index contributed by atoms with van der Waals surface area (Å²) < 4.78 is 4.63. The monoisotopic (exact) mass is 512 g/mol. The average molecular weight is 514 g/mol. The summed E-state index contributed by atoms with van der Waals surface area (Å²) in [5, 5.41) is 0. The molecule has 0 atom stereocenters. The Morgan fingerprint density at radius 1 is 0.500 bits per heavy atom.